The fraction of sp³-hybridized carbons (Fsp3) is 0.692. The van der Waals surface area contributed by atoms with Crippen LogP contribution in [-0.2, 0) is 14.3 Å². The van der Waals surface area contributed by atoms with Crippen molar-refractivity contribution in [3.63, 3.8) is 0 Å². The molecule has 1 rings (SSSR count). The maximum atomic E-state index is 11.8. The molecule has 0 amide bonds. The molecule has 2 atom stereocenters. The quantitative estimate of drug-likeness (QED) is 0.544. The topological polar surface area (TPSA) is 43.4 Å². The second-order valence-electron chi connectivity index (χ2n) is 4.46. The van der Waals surface area contributed by atoms with Crippen LogP contribution in [-0.4, -0.2) is 18.4 Å². The van der Waals surface area contributed by atoms with Crippen molar-refractivity contribution in [2.24, 2.45) is 11.8 Å². The van der Waals surface area contributed by atoms with Crippen molar-refractivity contribution in [2.45, 2.75) is 39.5 Å². The van der Waals surface area contributed by atoms with Crippen molar-refractivity contribution < 1.29 is 14.3 Å². The van der Waals surface area contributed by atoms with Gasteiger partial charge < -0.3 is 4.74 Å². The lowest BCUT2D eigenvalue weighted by Gasteiger charge is -2.25. The summed E-state index contributed by atoms with van der Waals surface area (Å²) in [6, 6.07) is 0. The third kappa shape index (κ3) is 3.19. The summed E-state index contributed by atoms with van der Waals surface area (Å²) >= 11 is 0. The second-order valence-corrected chi connectivity index (χ2v) is 4.46. The molecule has 16 heavy (non-hydrogen) atoms. The third-order valence-electron chi connectivity index (χ3n) is 3.13. The lowest BCUT2D eigenvalue weighted by atomic mass is 9.78. The summed E-state index contributed by atoms with van der Waals surface area (Å²) in [6.45, 7) is 7.78. The number of ether oxygens (including phenoxy) is 1. The van der Waals surface area contributed by atoms with Crippen LogP contribution >= 0.6 is 0 Å². The zero-order valence-corrected chi connectivity index (χ0v) is 10.1. The first-order valence-electron chi connectivity index (χ1n) is 5.94. The highest BCUT2D eigenvalue weighted by molar-refractivity contribution is 5.90. The van der Waals surface area contributed by atoms with E-state index in [0.29, 0.717) is 18.6 Å². The van der Waals surface area contributed by atoms with Crippen molar-refractivity contribution in [3.8, 4) is 0 Å². The highest BCUT2D eigenvalue weighted by Crippen LogP contribution is 2.29. The Morgan fingerprint density at radius 1 is 1.50 bits per heavy atom. The minimum atomic E-state index is -0.367. The molecule has 90 valence electrons. The average molecular weight is 224 g/mol. The molecule has 0 N–H and O–H groups in total. The predicted octanol–water partition coefficient (Wildman–Crippen LogP) is 2.50. The van der Waals surface area contributed by atoms with Crippen LogP contribution < -0.4 is 0 Å². The maximum Gasteiger partial charge on any atom is 0.333 e. The first kappa shape index (κ1) is 12.9. The molecule has 3 nitrogen and oxygen atoms in total. The van der Waals surface area contributed by atoms with Crippen LogP contribution in [0.5, 0.6) is 0 Å². The zero-order valence-electron chi connectivity index (χ0n) is 10.1. The lowest BCUT2D eigenvalue weighted by molar-refractivity contribution is -0.138. The Kier molecular flexibility index (Phi) is 4.71. The van der Waals surface area contributed by atoms with Gasteiger partial charge in [-0.1, -0.05) is 19.9 Å². The van der Waals surface area contributed by atoms with E-state index in [1.165, 1.54) is 0 Å². The van der Waals surface area contributed by atoms with Crippen LogP contribution in [0.25, 0.3) is 0 Å². The first-order chi connectivity index (χ1) is 7.56. The molecule has 0 aromatic rings. The Morgan fingerprint density at radius 3 is 2.81 bits per heavy atom. The summed E-state index contributed by atoms with van der Waals surface area (Å²) in [7, 11) is 0. The SMILES string of the molecule is C=C(C[C@@H]1CCC[C@@H](C)C1=O)C(=O)OCC. The van der Waals surface area contributed by atoms with Gasteiger partial charge in [0.25, 0.3) is 0 Å². The number of hydrogen-bond donors (Lipinski definition) is 0. The highest BCUT2D eigenvalue weighted by atomic mass is 16.5. The molecule has 1 saturated carbocycles. The Labute approximate surface area is 96.9 Å². The van der Waals surface area contributed by atoms with Gasteiger partial charge in [0, 0.05) is 17.4 Å². The molecular formula is C13H20O3. The van der Waals surface area contributed by atoms with Crippen LogP contribution in [0.1, 0.15) is 39.5 Å². The third-order valence-corrected chi connectivity index (χ3v) is 3.13. The van der Waals surface area contributed by atoms with Crippen LogP contribution in [0.4, 0.5) is 0 Å². The Morgan fingerprint density at radius 2 is 2.19 bits per heavy atom. The van der Waals surface area contributed by atoms with Gasteiger partial charge in [0.05, 0.1) is 6.61 Å². The van der Waals surface area contributed by atoms with E-state index in [-0.39, 0.29) is 23.6 Å². The summed E-state index contributed by atoms with van der Waals surface area (Å²) < 4.78 is 4.86. The fourth-order valence-corrected chi connectivity index (χ4v) is 2.17. The van der Waals surface area contributed by atoms with E-state index in [1.54, 1.807) is 6.92 Å². The summed E-state index contributed by atoms with van der Waals surface area (Å²) in [4.78, 5) is 23.2. The van der Waals surface area contributed by atoms with Gasteiger partial charge in [-0.15, -0.1) is 0 Å². The van der Waals surface area contributed by atoms with Gasteiger partial charge in [-0.05, 0) is 26.2 Å². The standard InChI is InChI=1S/C13H20O3/c1-4-16-13(15)10(3)8-11-7-5-6-9(2)12(11)14/h9,11H,3-8H2,1-2H3/t9-,11+/m1/s1. The number of carbonyl (C=O) groups is 2. The van der Waals surface area contributed by atoms with Crippen molar-refractivity contribution in [3.05, 3.63) is 12.2 Å². The van der Waals surface area contributed by atoms with E-state index in [1.807, 2.05) is 6.92 Å². The molecule has 0 saturated heterocycles. The van der Waals surface area contributed by atoms with Crippen molar-refractivity contribution in [1.29, 1.82) is 0 Å². The van der Waals surface area contributed by atoms with Crippen molar-refractivity contribution >= 4 is 11.8 Å². The summed E-state index contributed by atoms with van der Waals surface area (Å²) in [6.07, 6.45) is 3.37. The predicted molar refractivity (Wildman–Crippen MR) is 61.9 cm³/mol. The average Bonchev–Trinajstić information content (AvgIpc) is 2.25. The minimum absolute atomic E-state index is 0.0272. The van der Waals surface area contributed by atoms with Gasteiger partial charge in [0.2, 0.25) is 0 Å². The van der Waals surface area contributed by atoms with Gasteiger partial charge in [-0.25, -0.2) is 4.79 Å². The molecule has 0 aromatic heterocycles. The molecule has 0 bridgehead atoms. The normalized spacial score (nSPS) is 25.2. The van der Waals surface area contributed by atoms with Gasteiger partial charge >= 0.3 is 5.97 Å². The molecule has 0 heterocycles. The number of carbonyl (C=O) groups excluding carboxylic acids is 2. The van der Waals surface area contributed by atoms with Gasteiger partial charge in [0.15, 0.2) is 0 Å². The zero-order chi connectivity index (χ0) is 12.1. The molecule has 0 radical (unpaired) electrons. The fourth-order valence-electron chi connectivity index (χ4n) is 2.17. The lowest BCUT2D eigenvalue weighted by Crippen LogP contribution is -2.27. The molecule has 0 aliphatic heterocycles. The monoisotopic (exact) mass is 224 g/mol. The summed E-state index contributed by atoms with van der Waals surface area (Å²) in [5.74, 6) is 0.0135. The number of esters is 1. The summed E-state index contributed by atoms with van der Waals surface area (Å²) in [5.41, 5.74) is 0.425. The molecule has 1 aliphatic rings. The largest absolute Gasteiger partial charge is 0.463 e. The first-order valence-corrected chi connectivity index (χ1v) is 5.94. The van der Waals surface area contributed by atoms with Gasteiger partial charge in [0.1, 0.15) is 5.78 Å². The minimum Gasteiger partial charge on any atom is -0.463 e. The second kappa shape index (κ2) is 5.83. The molecular weight excluding hydrogens is 204 g/mol. The van der Waals surface area contributed by atoms with E-state index >= 15 is 0 Å². The van der Waals surface area contributed by atoms with Crippen LogP contribution in [0.2, 0.25) is 0 Å². The molecule has 1 aliphatic carbocycles. The number of rotatable bonds is 4. The smallest absolute Gasteiger partial charge is 0.333 e. The van der Waals surface area contributed by atoms with Crippen LogP contribution in [0.3, 0.4) is 0 Å². The number of ketones is 1. The number of Topliss-reactive ketones (excluding diaryl/α,β-unsaturated/α-hetero) is 1. The van der Waals surface area contributed by atoms with E-state index in [2.05, 4.69) is 6.58 Å². The van der Waals surface area contributed by atoms with E-state index < -0.39 is 0 Å². The van der Waals surface area contributed by atoms with Crippen molar-refractivity contribution in [2.75, 3.05) is 6.61 Å². The summed E-state index contributed by atoms with van der Waals surface area (Å²) in [5, 5.41) is 0. The molecule has 0 unspecified atom stereocenters. The molecule has 0 aromatic carbocycles. The maximum absolute atomic E-state index is 11.8. The van der Waals surface area contributed by atoms with E-state index in [9.17, 15) is 9.59 Å². The Bertz CT molecular complexity index is 294. The highest BCUT2D eigenvalue weighted by Gasteiger charge is 2.29. The van der Waals surface area contributed by atoms with E-state index in [4.69, 9.17) is 4.74 Å². The van der Waals surface area contributed by atoms with Crippen LogP contribution in [0, 0.1) is 11.8 Å². The molecule has 1 fully saturated rings. The van der Waals surface area contributed by atoms with Crippen LogP contribution in [0.15, 0.2) is 12.2 Å². The Hall–Kier alpha value is -1.12. The molecule has 3 heteroatoms. The number of hydrogen-bond acceptors (Lipinski definition) is 3. The van der Waals surface area contributed by atoms with Crippen molar-refractivity contribution in [1.82, 2.24) is 0 Å². The Balaban J connectivity index is 2.50. The van der Waals surface area contributed by atoms with Gasteiger partial charge in [-0.3, -0.25) is 4.79 Å². The van der Waals surface area contributed by atoms with Gasteiger partial charge in [-0.2, -0.15) is 0 Å². The van der Waals surface area contributed by atoms with E-state index in [0.717, 1.165) is 19.3 Å². The molecule has 0 spiro atoms.